The number of nitrogens with zero attached hydrogens (tertiary/aromatic N) is 1. The van der Waals surface area contributed by atoms with Crippen molar-refractivity contribution < 1.29 is 13.5 Å². The van der Waals surface area contributed by atoms with E-state index in [0.29, 0.717) is 18.0 Å². The lowest BCUT2D eigenvalue weighted by atomic mass is 10.1. The molecule has 1 aliphatic rings. The number of methoxy groups -OCH3 is 1. The number of hydrogen-bond donors (Lipinski definition) is 1. The fourth-order valence-corrected chi connectivity index (χ4v) is 3.02. The molecule has 1 N–H and O–H groups in total. The summed E-state index contributed by atoms with van der Waals surface area (Å²) in [6.07, 6.45) is 1.10. The molecule has 5 heteroatoms. The number of rotatable bonds is 7. The topological polar surface area (TPSA) is 24.5 Å². The van der Waals surface area contributed by atoms with Crippen LogP contribution in [0.4, 0.5) is 8.78 Å². The van der Waals surface area contributed by atoms with Crippen LogP contribution in [0.25, 0.3) is 0 Å². The van der Waals surface area contributed by atoms with E-state index in [1.54, 1.807) is 19.2 Å². The molecular formula is C16H24F2N2O. The first-order valence-electron chi connectivity index (χ1n) is 7.54. The van der Waals surface area contributed by atoms with Crippen LogP contribution in [0.2, 0.25) is 0 Å². The van der Waals surface area contributed by atoms with E-state index in [4.69, 9.17) is 4.74 Å². The van der Waals surface area contributed by atoms with Crippen LogP contribution < -0.4 is 5.32 Å². The first-order valence-corrected chi connectivity index (χ1v) is 7.54. The van der Waals surface area contributed by atoms with Crippen molar-refractivity contribution in [3.8, 4) is 0 Å². The molecule has 0 spiro atoms. The van der Waals surface area contributed by atoms with E-state index in [9.17, 15) is 8.78 Å². The highest BCUT2D eigenvalue weighted by molar-refractivity contribution is 5.23. The zero-order valence-corrected chi connectivity index (χ0v) is 12.7. The normalized spacial score (nSPS) is 20.9. The molecule has 1 aliphatic heterocycles. The van der Waals surface area contributed by atoms with Crippen LogP contribution in [-0.2, 0) is 4.74 Å². The van der Waals surface area contributed by atoms with Crippen LogP contribution in [0.1, 0.15) is 24.9 Å². The van der Waals surface area contributed by atoms with Gasteiger partial charge in [0.15, 0.2) is 11.6 Å². The third kappa shape index (κ3) is 4.22. The number of nitrogens with one attached hydrogen (secondary N) is 1. The fraction of sp³-hybridized carbons (Fsp3) is 0.625. The van der Waals surface area contributed by atoms with Gasteiger partial charge in [-0.05, 0) is 31.5 Å². The second-order valence-electron chi connectivity index (χ2n) is 5.62. The monoisotopic (exact) mass is 298 g/mol. The quantitative estimate of drug-likeness (QED) is 0.837. The third-order valence-corrected chi connectivity index (χ3v) is 4.02. The van der Waals surface area contributed by atoms with E-state index in [-0.39, 0.29) is 6.04 Å². The number of hydrogen-bond acceptors (Lipinski definition) is 3. The molecule has 2 atom stereocenters. The van der Waals surface area contributed by atoms with Gasteiger partial charge in [0.2, 0.25) is 0 Å². The van der Waals surface area contributed by atoms with Crippen molar-refractivity contribution in [1.82, 2.24) is 10.2 Å². The average Bonchev–Trinajstić information content (AvgIpc) is 2.89. The molecule has 0 saturated carbocycles. The van der Waals surface area contributed by atoms with Crippen LogP contribution in [-0.4, -0.2) is 44.8 Å². The van der Waals surface area contributed by atoms with Gasteiger partial charge in [-0.3, -0.25) is 0 Å². The standard InChI is InChI=1S/C16H24F2N2O/c1-3-19-15(13-5-4-6-14(17)16(13)18)10-20-8-7-12(9-20)11-21-2/h4-6,12,15,19H,3,7-11H2,1-2H3. The molecule has 2 unspecified atom stereocenters. The van der Waals surface area contributed by atoms with E-state index in [1.165, 1.54) is 0 Å². The highest BCUT2D eigenvalue weighted by Gasteiger charge is 2.26. The summed E-state index contributed by atoms with van der Waals surface area (Å²) in [4.78, 5) is 2.29. The summed E-state index contributed by atoms with van der Waals surface area (Å²) < 4.78 is 32.6. The molecule has 1 aromatic carbocycles. The average molecular weight is 298 g/mol. The van der Waals surface area contributed by atoms with Crippen molar-refractivity contribution in [2.24, 2.45) is 5.92 Å². The lowest BCUT2D eigenvalue weighted by Gasteiger charge is -2.25. The Hall–Kier alpha value is -1.04. The summed E-state index contributed by atoms with van der Waals surface area (Å²) in [6, 6.07) is 4.20. The number of benzene rings is 1. The molecule has 118 valence electrons. The summed E-state index contributed by atoms with van der Waals surface area (Å²) in [5.74, 6) is -0.986. The van der Waals surface area contributed by atoms with Crippen molar-refractivity contribution in [2.45, 2.75) is 19.4 Å². The Bertz CT molecular complexity index is 456. The summed E-state index contributed by atoms with van der Waals surface area (Å²) in [5.41, 5.74) is 0.409. The van der Waals surface area contributed by atoms with Crippen LogP contribution >= 0.6 is 0 Å². The lowest BCUT2D eigenvalue weighted by molar-refractivity contribution is 0.152. The molecule has 1 heterocycles. The highest BCUT2D eigenvalue weighted by Crippen LogP contribution is 2.23. The third-order valence-electron chi connectivity index (χ3n) is 4.02. The second kappa shape index (κ2) is 7.82. The highest BCUT2D eigenvalue weighted by atomic mass is 19.2. The Balaban J connectivity index is 2.04. The van der Waals surface area contributed by atoms with Crippen molar-refractivity contribution in [2.75, 3.05) is 39.9 Å². The van der Waals surface area contributed by atoms with Gasteiger partial charge in [-0.2, -0.15) is 0 Å². The number of halogens is 2. The molecule has 0 radical (unpaired) electrons. The molecule has 21 heavy (non-hydrogen) atoms. The number of ether oxygens (including phenoxy) is 1. The van der Waals surface area contributed by atoms with Crippen molar-refractivity contribution in [3.05, 3.63) is 35.4 Å². The Kier molecular flexibility index (Phi) is 6.08. The SMILES string of the molecule is CCNC(CN1CCC(COC)C1)c1cccc(F)c1F. The largest absolute Gasteiger partial charge is 0.384 e. The van der Waals surface area contributed by atoms with Gasteiger partial charge in [0.1, 0.15) is 0 Å². The Morgan fingerprint density at radius 1 is 1.43 bits per heavy atom. The van der Waals surface area contributed by atoms with E-state index in [2.05, 4.69) is 10.2 Å². The predicted molar refractivity (Wildman–Crippen MR) is 79.2 cm³/mol. The lowest BCUT2D eigenvalue weighted by Crippen LogP contribution is -2.35. The van der Waals surface area contributed by atoms with Crippen molar-refractivity contribution >= 4 is 0 Å². The number of likely N-dealkylation sites (N-methyl/N-ethyl adjacent to an activating group) is 1. The summed E-state index contributed by atoms with van der Waals surface area (Å²) in [7, 11) is 1.71. The van der Waals surface area contributed by atoms with Gasteiger partial charge in [-0.25, -0.2) is 8.78 Å². The van der Waals surface area contributed by atoms with Gasteiger partial charge in [-0.15, -0.1) is 0 Å². The molecule has 1 fully saturated rings. The molecule has 1 aromatic rings. The molecule has 3 nitrogen and oxygen atoms in total. The summed E-state index contributed by atoms with van der Waals surface area (Å²) in [5, 5.41) is 3.26. The van der Waals surface area contributed by atoms with Crippen LogP contribution in [0.5, 0.6) is 0 Å². The van der Waals surface area contributed by atoms with Crippen LogP contribution in [0, 0.1) is 17.6 Å². The van der Waals surface area contributed by atoms with Crippen molar-refractivity contribution in [1.29, 1.82) is 0 Å². The molecule has 0 amide bonds. The van der Waals surface area contributed by atoms with Gasteiger partial charge in [-0.1, -0.05) is 19.1 Å². The maximum absolute atomic E-state index is 14.0. The Morgan fingerprint density at radius 2 is 2.24 bits per heavy atom. The second-order valence-corrected chi connectivity index (χ2v) is 5.62. The first-order chi connectivity index (χ1) is 10.2. The van der Waals surface area contributed by atoms with Crippen LogP contribution in [0.3, 0.4) is 0 Å². The zero-order valence-electron chi connectivity index (χ0n) is 12.7. The molecule has 0 bridgehead atoms. The van der Waals surface area contributed by atoms with Gasteiger partial charge >= 0.3 is 0 Å². The maximum Gasteiger partial charge on any atom is 0.163 e. The fourth-order valence-electron chi connectivity index (χ4n) is 3.02. The van der Waals surface area contributed by atoms with E-state index in [1.807, 2.05) is 6.92 Å². The van der Waals surface area contributed by atoms with E-state index < -0.39 is 11.6 Å². The molecule has 0 aromatic heterocycles. The molecule has 2 rings (SSSR count). The van der Waals surface area contributed by atoms with Crippen molar-refractivity contribution in [3.63, 3.8) is 0 Å². The maximum atomic E-state index is 14.0. The first kappa shape index (κ1) is 16.3. The Morgan fingerprint density at radius 3 is 2.95 bits per heavy atom. The minimum Gasteiger partial charge on any atom is -0.384 e. The summed E-state index contributed by atoms with van der Waals surface area (Å²) in [6.45, 7) is 6.07. The minimum absolute atomic E-state index is 0.188. The predicted octanol–water partition coefficient (Wildman–Crippen LogP) is 2.58. The van der Waals surface area contributed by atoms with Gasteiger partial charge in [0.25, 0.3) is 0 Å². The van der Waals surface area contributed by atoms with E-state index in [0.717, 1.165) is 38.7 Å². The number of likely N-dealkylation sites (tertiary alicyclic amines) is 1. The van der Waals surface area contributed by atoms with E-state index >= 15 is 0 Å². The van der Waals surface area contributed by atoms with Crippen LogP contribution in [0.15, 0.2) is 18.2 Å². The minimum atomic E-state index is -0.783. The zero-order chi connectivity index (χ0) is 15.2. The molecule has 0 aliphatic carbocycles. The molecular weight excluding hydrogens is 274 g/mol. The summed E-state index contributed by atoms with van der Waals surface area (Å²) >= 11 is 0. The Labute approximate surface area is 125 Å². The molecule has 1 saturated heterocycles. The van der Waals surface area contributed by atoms with Gasteiger partial charge < -0.3 is 15.0 Å². The van der Waals surface area contributed by atoms with Gasteiger partial charge in [0.05, 0.1) is 6.61 Å². The van der Waals surface area contributed by atoms with Gasteiger partial charge in [0, 0.05) is 31.8 Å². The smallest absolute Gasteiger partial charge is 0.163 e.